The normalized spacial score (nSPS) is 16.8. The third-order valence-electron chi connectivity index (χ3n) is 3.91. The number of hydrogen-bond donors (Lipinski definition) is 1. The Kier molecular flexibility index (Phi) is 5.09. The molecule has 134 valence electrons. The summed E-state index contributed by atoms with van der Waals surface area (Å²) in [6, 6.07) is 6.80. The predicted octanol–water partition coefficient (Wildman–Crippen LogP) is 3.30. The molecule has 0 saturated carbocycles. The molecule has 1 aliphatic heterocycles. The summed E-state index contributed by atoms with van der Waals surface area (Å²) >= 11 is 4.76. The van der Waals surface area contributed by atoms with Gasteiger partial charge >= 0.3 is 0 Å². The van der Waals surface area contributed by atoms with Crippen LogP contribution < -0.4 is 5.32 Å². The van der Waals surface area contributed by atoms with E-state index in [-0.39, 0.29) is 17.6 Å². The lowest BCUT2D eigenvalue weighted by Gasteiger charge is -2.21. The van der Waals surface area contributed by atoms with Crippen molar-refractivity contribution in [2.75, 3.05) is 11.6 Å². The number of thioether (sulfide) groups is 1. The Bertz CT molecular complexity index is 890. The summed E-state index contributed by atoms with van der Waals surface area (Å²) in [4.78, 5) is 32.3. The molecule has 26 heavy (non-hydrogen) atoms. The largest absolute Gasteiger partial charge is 0.459 e. The van der Waals surface area contributed by atoms with Crippen molar-refractivity contribution in [2.45, 2.75) is 12.6 Å². The Balaban J connectivity index is 1.38. The summed E-state index contributed by atoms with van der Waals surface area (Å²) in [5, 5.41) is 7.82. The lowest BCUT2D eigenvalue weighted by atomic mass is 10.2. The number of aromatic nitrogens is 1. The number of hydrogen-bond acceptors (Lipinski definition) is 7. The van der Waals surface area contributed by atoms with Crippen LogP contribution in [0, 0.1) is 0 Å². The molecule has 0 spiro atoms. The number of amides is 2. The van der Waals surface area contributed by atoms with E-state index in [1.807, 2.05) is 22.9 Å². The van der Waals surface area contributed by atoms with Gasteiger partial charge in [-0.3, -0.25) is 9.59 Å². The van der Waals surface area contributed by atoms with Gasteiger partial charge in [-0.15, -0.1) is 34.4 Å². The van der Waals surface area contributed by atoms with Gasteiger partial charge in [0.2, 0.25) is 5.91 Å². The van der Waals surface area contributed by atoms with Crippen LogP contribution >= 0.6 is 34.4 Å². The molecule has 1 fully saturated rings. The minimum atomic E-state index is -0.493. The minimum absolute atomic E-state index is 0.166. The molecule has 9 heteroatoms. The van der Waals surface area contributed by atoms with Crippen molar-refractivity contribution in [3.8, 4) is 9.88 Å². The fraction of sp³-hybridized carbons (Fsp3) is 0.235. The molecule has 1 saturated heterocycles. The Morgan fingerprint density at radius 1 is 1.31 bits per heavy atom. The Labute approximate surface area is 162 Å². The van der Waals surface area contributed by atoms with Gasteiger partial charge in [0.25, 0.3) is 5.91 Å². The van der Waals surface area contributed by atoms with E-state index in [0.717, 1.165) is 15.6 Å². The predicted molar refractivity (Wildman–Crippen MR) is 103 cm³/mol. The topological polar surface area (TPSA) is 75.4 Å². The third-order valence-corrected chi connectivity index (χ3v) is 6.85. The summed E-state index contributed by atoms with van der Waals surface area (Å²) in [5.74, 6) is 0.895. The lowest BCUT2D eigenvalue weighted by Crippen LogP contribution is -2.47. The molecular weight excluding hydrogens is 390 g/mol. The summed E-state index contributed by atoms with van der Waals surface area (Å²) in [6.45, 7) is 0.352. The van der Waals surface area contributed by atoms with E-state index in [4.69, 9.17) is 4.42 Å². The molecule has 0 unspecified atom stereocenters. The number of furan rings is 1. The van der Waals surface area contributed by atoms with Crippen molar-refractivity contribution < 1.29 is 14.0 Å². The summed E-state index contributed by atoms with van der Waals surface area (Å²) in [7, 11) is 0. The summed E-state index contributed by atoms with van der Waals surface area (Å²) in [5.41, 5.74) is 0.821. The number of nitrogens with one attached hydrogen (secondary N) is 1. The fourth-order valence-electron chi connectivity index (χ4n) is 2.60. The van der Waals surface area contributed by atoms with E-state index in [1.165, 1.54) is 6.26 Å². The maximum Gasteiger partial charge on any atom is 0.290 e. The highest BCUT2D eigenvalue weighted by molar-refractivity contribution is 7.99. The Morgan fingerprint density at radius 3 is 3.00 bits per heavy atom. The van der Waals surface area contributed by atoms with Crippen LogP contribution in [0.4, 0.5) is 0 Å². The first-order valence-corrected chi connectivity index (χ1v) is 10.8. The van der Waals surface area contributed by atoms with Crippen LogP contribution in [0.3, 0.4) is 0 Å². The maximum atomic E-state index is 12.6. The fourth-order valence-corrected chi connectivity index (χ4v) is 5.39. The van der Waals surface area contributed by atoms with E-state index in [9.17, 15) is 9.59 Å². The molecule has 6 nitrogen and oxygen atoms in total. The molecule has 1 aliphatic rings. The lowest BCUT2D eigenvalue weighted by molar-refractivity contribution is -0.124. The third kappa shape index (κ3) is 3.55. The monoisotopic (exact) mass is 405 g/mol. The van der Waals surface area contributed by atoms with Gasteiger partial charge < -0.3 is 14.6 Å². The van der Waals surface area contributed by atoms with Gasteiger partial charge in [-0.05, 0) is 23.6 Å². The van der Waals surface area contributed by atoms with Crippen LogP contribution in [0.15, 0.2) is 45.7 Å². The highest BCUT2D eigenvalue weighted by Crippen LogP contribution is 2.28. The van der Waals surface area contributed by atoms with Crippen molar-refractivity contribution >= 4 is 46.2 Å². The zero-order valence-corrected chi connectivity index (χ0v) is 16.0. The van der Waals surface area contributed by atoms with Gasteiger partial charge in [-0.25, -0.2) is 4.98 Å². The zero-order chi connectivity index (χ0) is 17.9. The first-order valence-electron chi connectivity index (χ1n) is 7.90. The second-order valence-corrected chi connectivity index (χ2v) is 8.41. The van der Waals surface area contributed by atoms with Gasteiger partial charge in [-0.1, -0.05) is 6.07 Å². The van der Waals surface area contributed by atoms with Gasteiger partial charge in [0.1, 0.15) is 11.0 Å². The summed E-state index contributed by atoms with van der Waals surface area (Å²) < 4.78 is 5.16. The minimum Gasteiger partial charge on any atom is -0.459 e. The average Bonchev–Trinajstić information content (AvgIpc) is 3.44. The highest BCUT2D eigenvalue weighted by Gasteiger charge is 2.36. The molecule has 3 aromatic heterocycles. The number of thiophene rings is 1. The van der Waals surface area contributed by atoms with E-state index in [1.54, 1.807) is 51.5 Å². The molecule has 3 aromatic rings. The first-order chi connectivity index (χ1) is 12.7. The highest BCUT2D eigenvalue weighted by atomic mass is 32.2. The smallest absolute Gasteiger partial charge is 0.290 e. The van der Waals surface area contributed by atoms with E-state index in [2.05, 4.69) is 10.3 Å². The number of carbonyl (C=O) groups excluding carboxylic acids is 2. The molecule has 2 amide bonds. The second-order valence-electron chi connectivity index (χ2n) is 5.61. The Hall–Kier alpha value is -2.10. The Morgan fingerprint density at radius 2 is 2.23 bits per heavy atom. The van der Waals surface area contributed by atoms with Crippen molar-refractivity contribution in [3.63, 3.8) is 0 Å². The van der Waals surface area contributed by atoms with Crippen molar-refractivity contribution in [2.24, 2.45) is 0 Å². The zero-order valence-electron chi connectivity index (χ0n) is 13.6. The molecule has 4 rings (SSSR count). The molecule has 0 bridgehead atoms. The molecule has 4 heterocycles. The van der Waals surface area contributed by atoms with Crippen LogP contribution in [0.1, 0.15) is 16.2 Å². The summed E-state index contributed by atoms with van der Waals surface area (Å²) in [6.07, 6.45) is 1.46. The number of carbonyl (C=O) groups is 2. The van der Waals surface area contributed by atoms with Crippen LogP contribution in [-0.2, 0) is 11.3 Å². The van der Waals surface area contributed by atoms with Gasteiger partial charge in [0, 0.05) is 11.1 Å². The molecule has 0 aromatic carbocycles. The van der Waals surface area contributed by atoms with Crippen LogP contribution in [-0.4, -0.2) is 39.4 Å². The number of thiazole rings is 1. The standard InChI is InChI=1S/C17H15N3O3S3/c21-15(12-9-24-10-20(12)17(22)13-3-1-5-23-13)18-7-11-8-26-16(19-11)14-4-2-6-25-14/h1-6,8,12H,7,9-10H2,(H,18,21)/t12-/m1/s1. The van der Waals surface area contributed by atoms with E-state index < -0.39 is 6.04 Å². The quantitative estimate of drug-likeness (QED) is 0.705. The average molecular weight is 406 g/mol. The van der Waals surface area contributed by atoms with Gasteiger partial charge in [0.15, 0.2) is 5.76 Å². The molecule has 1 atom stereocenters. The SMILES string of the molecule is O=C(NCc1csc(-c2cccs2)n1)[C@H]1CSCN1C(=O)c1ccco1. The van der Waals surface area contributed by atoms with Crippen LogP contribution in [0.25, 0.3) is 9.88 Å². The number of rotatable bonds is 5. The first kappa shape index (κ1) is 17.3. The van der Waals surface area contributed by atoms with Crippen LogP contribution in [0.5, 0.6) is 0 Å². The van der Waals surface area contributed by atoms with Gasteiger partial charge in [-0.2, -0.15) is 0 Å². The maximum absolute atomic E-state index is 12.6. The van der Waals surface area contributed by atoms with Crippen LogP contribution in [0.2, 0.25) is 0 Å². The van der Waals surface area contributed by atoms with Crippen molar-refractivity contribution in [3.05, 3.63) is 52.7 Å². The van der Waals surface area contributed by atoms with E-state index >= 15 is 0 Å². The molecule has 1 N–H and O–H groups in total. The van der Waals surface area contributed by atoms with Gasteiger partial charge in [0.05, 0.1) is 29.3 Å². The second kappa shape index (κ2) is 7.65. The van der Waals surface area contributed by atoms with Crippen molar-refractivity contribution in [1.82, 2.24) is 15.2 Å². The molecule has 0 radical (unpaired) electrons. The van der Waals surface area contributed by atoms with E-state index in [0.29, 0.717) is 18.2 Å². The number of nitrogens with zero attached hydrogens (tertiary/aromatic N) is 2. The molecule has 0 aliphatic carbocycles. The van der Waals surface area contributed by atoms with Crippen molar-refractivity contribution in [1.29, 1.82) is 0 Å². The molecular formula is C17H15N3O3S3.